The molecule has 0 bridgehead atoms. The molecule has 1 heterocycles. The molecule has 1 fully saturated rings. The quantitative estimate of drug-likeness (QED) is 0.625. The standard InChI is InChI=1S/C9H18O2/c1-3-5-9-8(10-2)6-4-7-11-9/h8-9H,3-7H2,1-2H3. The monoisotopic (exact) mass is 158 g/mol. The van der Waals surface area contributed by atoms with Crippen LogP contribution in [0, 0.1) is 0 Å². The highest BCUT2D eigenvalue weighted by atomic mass is 16.5. The topological polar surface area (TPSA) is 18.5 Å². The minimum Gasteiger partial charge on any atom is -0.379 e. The lowest BCUT2D eigenvalue weighted by molar-refractivity contribution is -0.0934. The van der Waals surface area contributed by atoms with Crippen molar-refractivity contribution in [3.63, 3.8) is 0 Å². The lowest BCUT2D eigenvalue weighted by Crippen LogP contribution is -2.35. The third-order valence-corrected chi connectivity index (χ3v) is 2.26. The summed E-state index contributed by atoms with van der Waals surface area (Å²) in [6.45, 7) is 3.11. The van der Waals surface area contributed by atoms with Crippen molar-refractivity contribution in [3.8, 4) is 0 Å². The molecule has 66 valence electrons. The van der Waals surface area contributed by atoms with Crippen LogP contribution < -0.4 is 0 Å². The SMILES string of the molecule is CCCC1OCCCC1OC. The maximum Gasteiger partial charge on any atom is 0.0836 e. The lowest BCUT2D eigenvalue weighted by Gasteiger charge is -2.30. The molecule has 2 heteroatoms. The highest BCUT2D eigenvalue weighted by molar-refractivity contribution is 4.74. The van der Waals surface area contributed by atoms with E-state index >= 15 is 0 Å². The van der Waals surface area contributed by atoms with Gasteiger partial charge in [-0.05, 0) is 19.3 Å². The van der Waals surface area contributed by atoms with Crippen molar-refractivity contribution in [1.29, 1.82) is 0 Å². The van der Waals surface area contributed by atoms with Crippen molar-refractivity contribution < 1.29 is 9.47 Å². The molecule has 0 saturated carbocycles. The van der Waals surface area contributed by atoms with Crippen LogP contribution in [0.4, 0.5) is 0 Å². The largest absolute Gasteiger partial charge is 0.379 e. The Hall–Kier alpha value is -0.0800. The summed E-state index contributed by atoms with van der Waals surface area (Å²) in [6.07, 6.45) is 5.35. The number of ether oxygens (including phenoxy) is 2. The van der Waals surface area contributed by atoms with Gasteiger partial charge in [-0.15, -0.1) is 0 Å². The number of hydrogen-bond donors (Lipinski definition) is 0. The van der Waals surface area contributed by atoms with Crippen LogP contribution in [0.15, 0.2) is 0 Å². The first-order valence-electron chi connectivity index (χ1n) is 4.53. The maximum absolute atomic E-state index is 5.60. The fourth-order valence-corrected chi connectivity index (χ4v) is 1.64. The fourth-order valence-electron chi connectivity index (χ4n) is 1.64. The van der Waals surface area contributed by atoms with Gasteiger partial charge in [0.1, 0.15) is 0 Å². The molecule has 0 aromatic heterocycles. The van der Waals surface area contributed by atoms with E-state index in [9.17, 15) is 0 Å². The smallest absolute Gasteiger partial charge is 0.0836 e. The Labute approximate surface area is 68.9 Å². The molecule has 0 aliphatic carbocycles. The van der Waals surface area contributed by atoms with E-state index in [1.165, 1.54) is 12.8 Å². The van der Waals surface area contributed by atoms with Gasteiger partial charge in [0.2, 0.25) is 0 Å². The Balaban J connectivity index is 2.31. The van der Waals surface area contributed by atoms with Crippen LogP contribution in [0.2, 0.25) is 0 Å². The van der Waals surface area contributed by atoms with Crippen molar-refractivity contribution in [1.82, 2.24) is 0 Å². The number of hydrogen-bond acceptors (Lipinski definition) is 2. The Bertz CT molecular complexity index is 102. The Kier molecular flexibility index (Phi) is 3.87. The molecule has 1 aliphatic heterocycles. The summed E-state index contributed by atoms with van der Waals surface area (Å²) < 4.78 is 10.9. The van der Waals surface area contributed by atoms with E-state index in [-0.39, 0.29) is 0 Å². The Morgan fingerprint density at radius 1 is 1.55 bits per heavy atom. The van der Waals surface area contributed by atoms with Crippen LogP contribution >= 0.6 is 0 Å². The summed E-state index contributed by atoms with van der Waals surface area (Å²) >= 11 is 0. The zero-order valence-corrected chi connectivity index (χ0v) is 7.51. The van der Waals surface area contributed by atoms with E-state index in [2.05, 4.69) is 6.92 Å². The van der Waals surface area contributed by atoms with E-state index in [0.29, 0.717) is 12.2 Å². The fraction of sp³-hybridized carbons (Fsp3) is 1.00. The normalized spacial score (nSPS) is 32.2. The molecule has 1 aliphatic rings. The molecule has 0 aromatic rings. The van der Waals surface area contributed by atoms with Gasteiger partial charge in [0.05, 0.1) is 12.2 Å². The van der Waals surface area contributed by atoms with Gasteiger partial charge in [-0.25, -0.2) is 0 Å². The molecule has 0 radical (unpaired) electrons. The van der Waals surface area contributed by atoms with Gasteiger partial charge in [-0.3, -0.25) is 0 Å². The molecule has 2 unspecified atom stereocenters. The van der Waals surface area contributed by atoms with Gasteiger partial charge < -0.3 is 9.47 Å². The molecule has 0 spiro atoms. The summed E-state index contributed by atoms with van der Waals surface area (Å²) in [5.41, 5.74) is 0. The average molecular weight is 158 g/mol. The Morgan fingerprint density at radius 2 is 2.36 bits per heavy atom. The predicted octanol–water partition coefficient (Wildman–Crippen LogP) is 1.98. The van der Waals surface area contributed by atoms with Crippen molar-refractivity contribution in [2.45, 2.75) is 44.8 Å². The second kappa shape index (κ2) is 4.73. The van der Waals surface area contributed by atoms with Crippen LogP contribution in [-0.2, 0) is 9.47 Å². The van der Waals surface area contributed by atoms with Gasteiger partial charge in [-0.1, -0.05) is 13.3 Å². The van der Waals surface area contributed by atoms with Gasteiger partial charge in [0, 0.05) is 13.7 Å². The second-order valence-electron chi connectivity index (χ2n) is 3.11. The van der Waals surface area contributed by atoms with Crippen LogP contribution in [0.3, 0.4) is 0 Å². The average Bonchev–Trinajstić information content (AvgIpc) is 2.06. The zero-order chi connectivity index (χ0) is 8.10. The lowest BCUT2D eigenvalue weighted by atomic mass is 10.0. The summed E-state index contributed by atoms with van der Waals surface area (Å²) in [7, 11) is 1.78. The maximum atomic E-state index is 5.60. The molecule has 1 rings (SSSR count). The van der Waals surface area contributed by atoms with E-state index in [1.807, 2.05) is 0 Å². The van der Waals surface area contributed by atoms with E-state index in [1.54, 1.807) is 7.11 Å². The first-order valence-corrected chi connectivity index (χ1v) is 4.53. The number of rotatable bonds is 3. The van der Waals surface area contributed by atoms with Crippen molar-refractivity contribution in [2.24, 2.45) is 0 Å². The van der Waals surface area contributed by atoms with Gasteiger partial charge >= 0.3 is 0 Å². The second-order valence-corrected chi connectivity index (χ2v) is 3.11. The van der Waals surface area contributed by atoms with Crippen molar-refractivity contribution >= 4 is 0 Å². The zero-order valence-electron chi connectivity index (χ0n) is 7.51. The van der Waals surface area contributed by atoms with Gasteiger partial charge in [-0.2, -0.15) is 0 Å². The third-order valence-electron chi connectivity index (χ3n) is 2.26. The molecule has 0 aromatic carbocycles. The van der Waals surface area contributed by atoms with Crippen LogP contribution in [-0.4, -0.2) is 25.9 Å². The minimum absolute atomic E-state index is 0.351. The molecular weight excluding hydrogens is 140 g/mol. The highest BCUT2D eigenvalue weighted by Crippen LogP contribution is 2.19. The van der Waals surface area contributed by atoms with E-state index < -0.39 is 0 Å². The van der Waals surface area contributed by atoms with Crippen LogP contribution in [0.5, 0.6) is 0 Å². The summed E-state index contributed by atoms with van der Waals surface area (Å²) in [6, 6.07) is 0. The van der Waals surface area contributed by atoms with E-state index in [4.69, 9.17) is 9.47 Å². The molecule has 0 amide bonds. The van der Waals surface area contributed by atoms with Crippen LogP contribution in [0.1, 0.15) is 32.6 Å². The molecule has 0 N–H and O–H groups in total. The van der Waals surface area contributed by atoms with Gasteiger partial charge in [0.15, 0.2) is 0 Å². The predicted molar refractivity (Wildman–Crippen MR) is 44.7 cm³/mol. The van der Waals surface area contributed by atoms with E-state index in [0.717, 1.165) is 19.4 Å². The summed E-state index contributed by atoms with van der Waals surface area (Å²) in [5, 5.41) is 0. The first kappa shape index (κ1) is 9.01. The molecular formula is C9H18O2. The summed E-state index contributed by atoms with van der Waals surface area (Å²) in [4.78, 5) is 0. The minimum atomic E-state index is 0.351. The van der Waals surface area contributed by atoms with Gasteiger partial charge in [0.25, 0.3) is 0 Å². The third kappa shape index (κ3) is 2.46. The first-order chi connectivity index (χ1) is 5.38. The molecule has 11 heavy (non-hydrogen) atoms. The molecule has 2 nitrogen and oxygen atoms in total. The Morgan fingerprint density at radius 3 is 3.00 bits per heavy atom. The van der Waals surface area contributed by atoms with Crippen LogP contribution in [0.25, 0.3) is 0 Å². The highest BCUT2D eigenvalue weighted by Gasteiger charge is 2.24. The summed E-state index contributed by atoms with van der Waals surface area (Å²) in [5.74, 6) is 0. The molecule has 2 atom stereocenters. The molecule has 1 saturated heterocycles. The van der Waals surface area contributed by atoms with Crippen molar-refractivity contribution in [2.75, 3.05) is 13.7 Å². The van der Waals surface area contributed by atoms with Crippen molar-refractivity contribution in [3.05, 3.63) is 0 Å². The number of methoxy groups -OCH3 is 1.